The van der Waals surface area contributed by atoms with Crippen LogP contribution in [-0.2, 0) is 15.0 Å². The van der Waals surface area contributed by atoms with Gasteiger partial charge in [0.1, 0.15) is 11.2 Å². The van der Waals surface area contributed by atoms with Crippen molar-refractivity contribution < 1.29 is 14.7 Å². The van der Waals surface area contributed by atoms with Crippen LogP contribution in [0.5, 0.6) is 0 Å². The van der Waals surface area contributed by atoms with Crippen molar-refractivity contribution in [3.05, 3.63) is 54.5 Å². The minimum Gasteiger partial charge on any atom is -0.481 e. The number of nitrogens with one attached hydrogen (secondary N) is 1. The normalized spacial score (nSPS) is 17.0. The van der Waals surface area contributed by atoms with Crippen molar-refractivity contribution >= 4 is 17.7 Å². The summed E-state index contributed by atoms with van der Waals surface area (Å²) < 4.78 is 0. The molecule has 7 nitrogen and oxygen atoms in total. The maximum atomic E-state index is 12.7. The Morgan fingerprint density at radius 1 is 1.21 bits per heavy atom. The highest BCUT2D eigenvalue weighted by molar-refractivity contribution is 5.84. The first kappa shape index (κ1) is 19.8. The second-order valence-electron chi connectivity index (χ2n) is 7.15. The van der Waals surface area contributed by atoms with E-state index in [-0.39, 0.29) is 18.4 Å². The Labute approximate surface area is 164 Å². The third-order valence-corrected chi connectivity index (χ3v) is 5.64. The molecule has 1 amide bonds. The van der Waals surface area contributed by atoms with Gasteiger partial charge < -0.3 is 15.3 Å². The number of anilines is 1. The number of nitrogens with zero attached hydrogens (tertiary/aromatic N) is 3. The molecule has 1 aromatic heterocycles. The smallest absolute Gasteiger partial charge is 0.315 e. The van der Waals surface area contributed by atoms with Crippen LogP contribution in [-0.4, -0.2) is 46.6 Å². The summed E-state index contributed by atoms with van der Waals surface area (Å²) in [6, 6.07) is 9.13. The lowest BCUT2D eigenvalue weighted by molar-refractivity contribution is -0.144. The molecular formula is C21H26N4O3. The molecule has 0 saturated carbocycles. The van der Waals surface area contributed by atoms with E-state index < -0.39 is 11.4 Å². The summed E-state index contributed by atoms with van der Waals surface area (Å²) in [5.41, 5.74) is -0.403. The molecule has 2 heterocycles. The van der Waals surface area contributed by atoms with Crippen molar-refractivity contribution in [2.24, 2.45) is 5.92 Å². The van der Waals surface area contributed by atoms with Gasteiger partial charge in [-0.25, -0.2) is 4.98 Å². The summed E-state index contributed by atoms with van der Waals surface area (Å²) in [5, 5.41) is 12.8. The van der Waals surface area contributed by atoms with E-state index in [9.17, 15) is 14.7 Å². The molecule has 1 aliphatic heterocycles. The number of amides is 1. The molecule has 148 valence electrons. The second kappa shape index (κ2) is 8.82. The third-order valence-electron chi connectivity index (χ3n) is 5.64. The van der Waals surface area contributed by atoms with Gasteiger partial charge in [-0.05, 0) is 24.8 Å². The van der Waals surface area contributed by atoms with Gasteiger partial charge >= 0.3 is 5.97 Å². The number of piperidine rings is 1. The van der Waals surface area contributed by atoms with E-state index >= 15 is 0 Å². The molecular weight excluding hydrogens is 356 g/mol. The highest BCUT2D eigenvalue weighted by atomic mass is 16.4. The van der Waals surface area contributed by atoms with Crippen LogP contribution in [0.25, 0.3) is 0 Å². The number of rotatable bonds is 7. The number of carbonyl (C=O) groups excluding carboxylic acids is 1. The van der Waals surface area contributed by atoms with Crippen LogP contribution < -0.4 is 10.2 Å². The zero-order valence-corrected chi connectivity index (χ0v) is 16.0. The van der Waals surface area contributed by atoms with E-state index in [1.807, 2.05) is 37.3 Å². The van der Waals surface area contributed by atoms with Crippen molar-refractivity contribution in [3.63, 3.8) is 0 Å². The molecule has 3 rings (SSSR count). The fraction of sp³-hybridized carbons (Fsp3) is 0.429. The molecule has 7 heteroatoms. The van der Waals surface area contributed by atoms with Crippen molar-refractivity contribution in [2.45, 2.75) is 31.6 Å². The SMILES string of the molecule is CCC(CNC(=O)C1CCN(c2cnccn2)CC1)(C(=O)O)c1ccccc1. The number of carboxylic acid groups (broad SMARTS) is 1. The molecule has 2 N–H and O–H groups in total. The summed E-state index contributed by atoms with van der Waals surface area (Å²) in [6.45, 7) is 3.39. The lowest BCUT2D eigenvalue weighted by Gasteiger charge is -2.33. The minimum absolute atomic E-state index is 0.0752. The van der Waals surface area contributed by atoms with Crippen LogP contribution in [0.1, 0.15) is 31.7 Å². The molecule has 1 fully saturated rings. The molecule has 0 radical (unpaired) electrons. The molecule has 0 spiro atoms. The lowest BCUT2D eigenvalue weighted by Crippen LogP contribution is -2.49. The maximum absolute atomic E-state index is 12.7. The van der Waals surface area contributed by atoms with Crippen molar-refractivity contribution in [2.75, 3.05) is 24.5 Å². The highest BCUT2D eigenvalue weighted by Crippen LogP contribution is 2.28. The fourth-order valence-electron chi connectivity index (χ4n) is 3.75. The summed E-state index contributed by atoms with van der Waals surface area (Å²) in [6.07, 6.45) is 6.84. The topological polar surface area (TPSA) is 95.4 Å². The predicted molar refractivity (Wildman–Crippen MR) is 106 cm³/mol. The lowest BCUT2D eigenvalue weighted by atomic mass is 9.78. The third kappa shape index (κ3) is 4.13. The van der Waals surface area contributed by atoms with E-state index in [1.165, 1.54) is 0 Å². The van der Waals surface area contributed by atoms with E-state index in [0.717, 1.165) is 18.9 Å². The average molecular weight is 382 g/mol. The first-order valence-electron chi connectivity index (χ1n) is 9.64. The summed E-state index contributed by atoms with van der Waals surface area (Å²) in [4.78, 5) is 35.3. The van der Waals surface area contributed by atoms with Gasteiger partial charge in [-0.15, -0.1) is 0 Å². The Morgan fingerprint density at radius 3 is 2.50 bits per heavy atom. The number of aromatic nitrogens is 2. The van der Waals surface area contributed by atoms with Crippen LogP contribution >= 0.6 is 0 Å². The van der Waals surface area contributed by atoms with Gasteiger partial charge in [0.25, 0.3) is 0 Å². The van der Waals surface area contributed by atoms with Crippen LogP contribution in [0.2, 0.25) is 0 Å². The van der Waals surface area contributed by atoms with Crippen LogP contribution in [0.4, 0.5) is 5.82 Å². The maximum Gasteiger partial charge on any atom is 0.315 e. The van der Waals surface area contributed by atoms with E-state index in [1.54, 1.807) is 18.6 Å². The molecule has 1 aliphatic rings. The Morgan fingerprint density at radius 2 is 1.93 bits per heavy atom. The molecule has 1 aromatic carbocycles. The predicted octanol–water partition coefficient (Wildman–Crippen LogP) is 2.24. The Hall–Kier alpha value is -2.96. The molecule has 2 aromatic rings. The van der Waals surface area contributed by atoms with Crippen LogP contribution in [0, 0.1) is 5.92 Å². The number of carboxylic acids is 1. The second-order valence-corrected chi connectivity index (χ2v) is 7.15. The van der Waals surface area contributed by atoms with Gasteiger partial charge in [0.05, 0.1) is 6.20 Å². The number of aliphatic carboxylic acids is 1. The molecule has 1 unspecified atom stereocenters. The van der Waals surface area contributed by atoms with Gasteiger partial charge in [-0.1, -0.05) is 37.3 Å². The first-order chi connectivity index (χ1) is 13.6. The molecule has 1 saturated heterocycles. The van der Waals surface area contributed by atoms with Crippen molar-refractivity contribution in [3.8, 4) is 0 Å². The van der Waals surface area contributed by atoms with Crippen LogP contribution in [0.15, 0.2) is 48.9 Å². The summed E-state index contributed by atoms with van der Waals surface area (Å²) >= 11 is 0. The summed E-state index contributed by atoms with van der Waals surface area (Å²) in [7, 11) is 0. The number of carbonyl (C=O) groups is 2. The molecule has 1 atom stereocenters. The van der Waals surface area contributed by atoms with Gasteiger partial charge in [0.15, 0.2) is 0 Å². The van der Waals surface area contributed by atoms with E-state index in [2.05, 4.69) is 20.2 Å². The van der Waals surface area contributed by atoms with E-state index in [4.69, 9.17) is 0 Å². The van der Waals surface area contributed by atoms with Gasteiger partial charge in [0, 0.05) is 37.9 Å². The fourth-order valence-corrected chi connectivity index (χ4v) is 3.75. The van der Waals surface area contributed by atoms with Crippen LogP contribution in [0.3, 0.4) is 0 Å². The minimum atomic E-state index is -1.11. The largest absolute Gasteiger partial charge is 0.481 e. The zero-order valence-electron chi connectivity index (χ0n) is 16.0. The number of benzene rings is 1. The zero-order chi connectivity index (χ0) is 20.0. The molecule has 0 aliphatic carbocycles. The number of hydrogen-bond donors (Lipinski definition) is 2. The monoisotopic (exact) mass is 382 g/mol. The molecule has 28 heavy (non-hydrogen) atoms. The highest BCUT2D eigenvalue weighted by Gasteiger charge is 2.39. The van der Waals surface area contributed by atoms with Gasteiger partial charge in [-0.2, -0.15) is 0 Å². The Bertz CT molecular complexity index is 792. The van der Waals surface area contributed by atoms with E-state index in [0.29, 0.717) is 24.8 Å². The molecule has 0 bridgehead atoms. The first-order valence-corrected chi connectivity index (χ1v) is 9.64. The Kier molecular flexibility index (Phi) is 6.23. The van der Waals surface area contributed by atoms with Crippen molar-refractivity contribution in [1.29, 1.82) is 0 Å². The Balaban J connectivity index is 1.61. The van der Waals surface area contributed by atoms with Crippen molar-refractivity contribution in [1.82, 2.24) is 15.3 Å². The number of hydrogen-bond acceptors (Lipinski definition) is 5. The average Bonchev–Trinajstić information content (AvgIpc) is 2.75. The van der Waals surface area contributed by atoms with Gasteiger partial charge in [-0.3, -0.25) is 14.6 Å². The summed E-state index contributed by atoms with van der Waals surface area (Å²) in [5.74, 6) is -0.291. The quantitative estimate of drug-likeness (QED) is 0.763. The standard InChI is InChI=1S/C21H26N4O3/c1-2-21(20(27)28,17-6-4-3-5-7-17)15-24-19(26)16-8-12-25(13-9-16)18-14-22-10-11-23-18/h3-7,10-11,14,16H,2,8-9,12-13,15H2,1H3,(H,24,26)(H,27,28). The van der Waals surface area contributed by atoms with Gasteiger partial charge in [0.2, 0.25) is 5.91 Å².